The third-order valence-corrected chi connectivity index (χ3v) is 1.53. The average Bonchev–Trinajstić information content (AvgIpc) is 2.19. The summed E-state index contributed by atoms with van der Waals surface area (Å²) in [7, 11) is 0. The van der Waals surface area contributed by atoms with E-state index in [1.165, 1.54) is 0 Å². The minimum Gasteiger partial charge on any atom is -0.463 e. The molecule has 0 unspecified atom stereocenters. The molecule has 0 radical (unpaired) electrons. The van der Waals surface area contributed by atoms with Crippen LogP contribution in [0.4, 0.5) is 0 Å². The molecule has 0 aliphatic heterocycles. The topological polar surface area (TPSA) is 38.3 Å². The minimum absolute atomic E-state index is 0. The van der Waals surface area contributed by atoms with Gasteiger partial charge in [0, 0.05) is 5.57 Å². The first-order valence-electron chi connectivity index (χ1n) is 5.14. The summed E-state index contributed by atoms with van der Waals surface area (Å²) in [5, 5.41) is 3.11. The number of halogens is 1. The lowest BCUT2D eigenvalue weighted by atomic mass is 10.3. The fourth-order valence-electron chi connectivity index (χ4n) is 0.613. The van der Waals surface area contributed by atoms with Crippen LogP contribution in [0.2, 0.25) is 0 Å². The average molecular weight is 238 g/mol. The first kappa shape index (κ1) is 19.9. The highest BCUT2D eigenvalue weighted by molar-refractivity contribution is 5.87. The van der Waals surface area contributed by atoms with Crippen molar-refractivity contribution in [3.8, 4) is 0 Å². The smallest absolute Gasteiger partial charge is 0.333 e. The van der Waals surface area contributed by atoms with Crippen LogP contribution in [0, 0.1) is 0 Å². The molecular formula is C11H24ClNO2. The van der Waals surface area contributed by atoms with Crippen molar-refractivity contribution < 1.29 is 9.53 Å². The van der Waals surface area contributed by atoms with Gasteiger partial charge in [0.2, 0.25) is 0 Å². The third kappa shape index (κ3) is 16.2. The fraction of sp³-hybridized carbons (Fsp3) is 0.727. The molecule has 0 atom stereocenters. The zero-order chi connectivity index (χ0) is 11.4. The number of hydrogen-bond donors (Lipinski definition) is 1. The van der Waals surface area contributed by atoms with E-state index in [2.05, 4.69) is 23.9 Å². The molecule has 1 N–H and O–H groups in total. The van der Waals surface area contributed by atoms with Crippen LogP contribution in [0.15, 0.2) is 11.6 Å². The summed E-state index contributed by atoms with van der Waals surface area (Å²) >= 11 is 0. The van der Waals surface area contributed by atoms with Gasteiger partial charge in [0.25, 0.3) is 0 Å². The molecule has 15 heavy (non-hydrogen) atoms. The molecule has 4 heteroatoms. The van der Waals surface area contributed by atoms with Crippen LogP contribution in [0.25, 0.3) is 0 Å². The molecule has 0 aliphatic carbocycles. The van der Waals surface area contributed by atoms with Gasteiger partial charge < -0.3 is 10.1 Å². The van der Waals surface area contributed by atoms with Crippen molar-refractivity contribution >= 4 is 18.4 Å². The van der Waals surface area contributed by atoms with Crippen LogP contribution in [-0.4, -0.2) is 25.7 Å². The fourth-order valence-corrected chi connectivity index (χ4v) is 0.613. The van der Waals surface area contributed by atoms with Crippen molar-refractivity contribution in [3.05, 3.63) is 11.6 Å². The maximum atomic E-state index is 10.7. The van der Waals surface area contributed by atoms with Gasteiger partial charge in [0.15, 0.2) is 0 Å². The Balaban J connectivity index is -0.000000208. The molecule has 0 aromatic carbocycles. The zero-order valence-corrected chi connectivity index (χ0v) is 11.2. The Labute approximate surface area is 99.7 Å². The van der Waals surface area contributed by atoms with E-state index in [9.17, 15) is 4.79 Å². The Hall–Kier alpha value is -0.540. The number of esters is 1. The summed E-state index contributed by atoms with van der Waals surface area (Å²) in [6, 6.07) is 0. The lowest BCUT2D eigenvalue weighted by Gasteiger charge is -1.98. The highest BCUT2D eigenvalue weighted by Crippen LogP contribution is 1.94. The van der Waals surface area contributed by atoms with Crippen molar-refractivity contribution in [3.63, 3.8) is 0 Å². The van der Waals surface area contributed by atoms with Gasteiger partial charge >= 0.3 is 5.97 Å². The van der Waals surface area contributed by atoms with Gasteiger partial charge in [-0.15, -0.1) is 12.4 Å². The highest BCUT2D eigenvalue weighted by Gasteiger charge is 2.00. The molecule has 0 amide bonds. The minimum atomic E-state index is -0.222. The molecule has 0 saturated carbocycles. The molecule has 0 aliphatic rings. The van der Waals surface area contributed by atoms with Gasteiger partial charge in [-0.1, -0.05) is 19.9 Å². The van der Waals surface area contributed by atoms with Crippen LogP contribution in [0.3, 0.4) is 0 Å². The maximum Gasteiger partial charge on any atom is 0.333 e. The predicted molar refractivity (Wildman–Crippen MR) is 67.5 cm³/mol. The van der Waals surface area contributed by atoms with Crippen molar-refractivity contribution in [1.29, 1.82) is 0 Å². The van der Waals surface area contributed by atoms with Crippen LogP contribution >= 0.6 is 12.4 Å². The summed E-state index contributed by atoms with van der Waals surface area (Å²) in [4.78, 5) is 10.7. The SMILES string of the molecule is CC=C(C)C(=O)OCC.CCNCC.Cl. The number of hydrogen-bond acceptors (Lipinski definition) is 3. The van der Waals surface area contributed by atoms with Crippen molar-refractivity contribution in [2.75, 3.05) is 19.7 Å². The second-order valence-electron chi connectivity index (χ2n) is 2.65. The van der Waals surface area contributed by atoms with Gasteiger partial charge in [-0.05, 0) is 33.9 Å². The first-order valence-corrected chi connectivity index (χ1v) is 5.14. The first-order chi connectivity index (χ1) is 6.63. The Morgan fingerprint density at radius 1 is 1.27 bits per heavy atom. The molecule has 92 valence electrons. The van der Waals surface area contributed by atoms with E-state index in [4.69, 9.17) is 0 Å². The van der Waals surface area contributed by atoms with Gasteiger partial charge in [-0.25, -0.2) is 4.79 Å². The van der Waals surface area contributed by atoms with E-state index in [0.717, 1.165) is 13.1 Å². The summed E-state index contributed by atoms with van der Waals surface area (Å²) < 4.78 is 4.69. The van der Waals surface area contributed by atoms with Crippen LogP contribution in [0.1, 0.15) is 34.6 Å². The largest absolute Gasteiger partial charge is 0.463 e. The van der Waals surface area contributed by atoms with Gasteiger partial charge in [0.1, 0.15) is 0 Å². The summed E-state index contributed by atoms with van der Waals surface area (Å²) in [5.41, 5.74) is 0.664. The van der Waals surface area contributed by atoms with E-state index < -0.39 is 0 Å². The standard InChI is InChI=1S/C7H12O2.C4H11N.ClH/c1-4-6(3)7(8)9-5-2;1-3-5-4-2;/h4H,5H2,1-3H3;5H,3-4H2,1-2H3;1H. The van der Waals surface area contributed by atoms with E-state index in [0.29, 0.717) is 12.2 Å². The predicted octanol–water partition coefficient (Wildman–Crippen LogP) is 2.55. The van der Waals surface area contributed by atoms with E-state index in [1.54, 1.807) is 19.9 Å². The molecular weight excluding hydrogens is 214 g/mol. The van der Waals surface area contributed by atoms with Crippen LogP contribution < -0.4 is 5.32 Å². The Kier molecular flexibility index (Phi) is 21.2. The number of nitrogens with one attached hydrogen (secondary N) is 1. The molecule has 0 saturated heterocycles. The zero-order valence-electron chi connectivity index (χ0n) is 10.4. The number of ether oxygens (including phenoxy) is 1. The molecule has 0 aromatic rings. The normalized spacial score (nSPS) is 9.53. The van der Waals surface area contributed by atoms with E-state index >= 15 is 0 Å². The number of allylic oxidation sites excluding steroid dienone is 1. The summed E-state index contributed by atoms with van der Waals surface area (Å²) in [6.45, 7) is 12.2. The molecule has 0 bridgehead atoms. The van der Waals surface area contributed by atoms with E-state index in [-0.39, 0.29) is 18.4 Å². The van der Waals surface area contributed by atoms with E-state index in [1.807, 2.05) is 6.92 Å². The quantitative estimate of drug-likeness (QED) is 0.603. The lowest BCUT2D eigenvalue weighted by molar-refractivity contribution is -0.138. The second-order valence-corrected chi connectivity index (χ2v) is 2.65. The van der Waals surface area contributed by atoms with Crippen LogP contribution in [0.5, 0.6) is 0 Å². The molecule has 0 aromatic heterocycles. The molecule has 0 heterocycles. The summed E-state index contributed by atoms with van der Waals surface area (Å²) in [5.74, 6) is -0.222. The second kappa shape index (κ2) is 15.9. The maximum absolute atomic E-state index is 10.7. The number of rotatable bonds is 4. The molecule has 0 rings (SSSR count). The number of carbonyl (C=O) groups is 1. The van der Waals surface area contributed by atoms with Crippen molar-refractivity contribution in [2.45, 2.75) is 34.6 Å². The van der Waals surface area contributed by atoms with Gasteiger partial charge in [0.05, 0.1) is 6.61 Å². The molecule has 0 spiro atoms. The lowest BCUT2D eigenvalue weighted by Crippen LogP contribution is -2.09. The Morgan fingerprint density at radius 2 is 1.73 bits per heavy atom. The van der Waals surface area contributed by atoms with Gasteiger partial charge in [-0.2, -0.15) is 0 Å². The van der Waals surface area contributed by atoms with Crippen molar-refractivity contribution in [2.24, 2.45) is 0 Å². The molecule has 0 fully saturated rings. The summed E-state index contributed by atoms with van der Waals surface area (Å²) in [6.07, 6.45) is 1.73. The highest BCUT2D eigenvalue weighted by atomic mass is 35.5. The number of carbonyl (C=O) groups excluding carboxylic acids is 1. The van der Waals surface area contributed by atoms with Crippen molar-refractivity contribution in [1.82, 2.24) is 5.32 Å². The molecule has 3 nitrogen and oxygen atoms in total. The monoisotopic (exact) mass is 237 g/mol. The van der Waals surface area contributed by atoms with Gasteiger partial charge in [-0.3, -0.25) is 0 Å². The third-order valence-electron chi connectivity index (χ3n) is 1.53. The Bertz CT molecular complexity index is 168. The van der Waals surface area contributed by atoms with Crippen LogP contribution in [-0.2, 0) is 9.53 Å². The Morgan fingerprint density at radius 3 is 1.93 bits per heavy atom.